The smallest absolute Gasteiger partial charge is 0.256 e. The first-order valence-corrected chi connectivity index (χ1v) is 9.16. The SMILES string of the molecule is CCNC1CCC(C(C)(C)CC)CC1Sc1nc(C)co1. The largest absolute Gasteiger partial charge is 0.440 e. The molecule has 1 fully saturated rings. The summed E-state index contributed by atoms with van der Waals surface area (Å²) in [5.41, 5.74) is 1.40. The second kappa shape index (κ2) is 7.19. The van der Waals surface area contributed by atoms with Gasteiger partial charge in [0.25, 0.3) is 5.22 Å². The van der Waals surface area contributed by atoms with E-state index in [2.05, 4.69) is 38.0 Å². The van der Waals surface area contributed by atoms with Gasteiger partial charge in [0.05, 0.1) is 5.69 Å². The average molecular weight is 311 g/mol. The second-order valence-corrected chi connectivity index (χ2v) is 8.12. The van der Waals surface area contributed by atoms with Crippen LogP contribution in [-0.2, 0) is 0 Å². The van der Waals surface area contributed by atoms with Crippen molar-refractivity contribution in [1.82, 2.24) is 10.3 Å². The molecule has 0 saturated heterocycles. The molecule has 2 rings (SSSR count). The van der Waals surface area contributed by atoms with Gasteiger partial charge < -0.3 is 9.73 Å². The highest BCUT2D eigenvalue weighted by Gasteiger charge is 2.37. The van der Waals surface area contributed by atoms with Gasteiger partial charge in [-0.25, -0.2) is 4.98 Å². The summed E-state index contributed by atoms with van der Waals surface area (Å²) >= 11 is 1.82. The third-order valence-electron chi connectivity index (χ3n) is 5.12. The van der Waals surface area contributed by atoms with E-state index in [1.165, 1.54) is 25.7 Å². The van der Waals surface area contributed by atoms with Crippen LogP contribution in [0.3, 0.4) is 0 Å². The molecule has 3 atom stereocenters. The fourth-order valence-corrected chi connectivity index (χ4v) is 4.55. The summed E-state index contributed by atoms with van der Waals surface area (Å²) in [7, 11) is 0. The summed E-state index contributed by atoms with van der Waals surface area (Å²) in [5, 5.41) is 5.05. The summed E-state index contributed by atoms with van der Waals surface area (Å²) in [4.78, 5) is 4.48. The number of rotatable bonds is 6. The van der Waals surface area contributed by atoms with Gasteiger partial charge in [-0.1, -0.05) is 45.9 Å². The van der Waals surface area contributed by atoms with Gasteiger partial charge in [-0.3, -0.25) is 0 Å². The molecule has 0 radical (unpaired) electrons. The molecule has 0 amide bonds. The Labute approximate surface area is 133 Å². The van der Waals surface area contributed by atoms with Crippen LogP contribution in [0, 0.1) is 18.3 Å². The van der Waals surface area contributed by atoms with E-state index >= 15 is 0 Å². The van der Waals surface area contributed by atoms with Crippen LogP contribution in [0.2, 0.25) is 0 Å². The Hall–Kier alpha value is -0.480. The Morgan fingerprint density at radius 3 is 2.71 bits per heavy atom. The highest BCUT2D eigenvalue weighted by Crippen LogP contribution is 2.44. The molecule has 1 aromatic rings. The third-order valence-corrected chi connectivity index (χ3v) is 6.34. The first-order valence-electron chi connectivity index (χ1n) is 8.28. The van der Waals surface area contributed by atoms with Gasteiger partial charge in [-0.15, -0.1) is 0 Å². The van der Waals surface area contributed by atoms with Gasteiger partial charge in [-0.2, -0.15) is 0 Å². The lowest BCUT2D eigenvalue weighted by atomic mass is 9.68. The number of oxazole rings is 1. The van der Waals surface area contributed by atoms with Crippen molar-refractivity contribution in [3.8, 4) is 0 Å². The van der Waals surface area contributed by atoms with Crippen molar-refractivity contribution >= 4 is 11.8 Å². The van der Waals surface area contributed by atoms with E-state index in [-0.39, 0.29) is 0 Å². The Balaban J connectivity index is 2.07. The van der Waals surface area contributed by atoms with Crippen molar-refractivity contribution in [3.63, 3.8) is 0 Å². The van der Waals surface area contributed by atoms with Crippen molar-refractivity contribution in [2.24, 2.45) is 11.3 Å². The topological polar surface area (TPSA) is 38.1 Å². The van der Waals surface area contributed by atoms with Crippen LogP contribution < -0.4 is 5.32 Å². The van der Waals surface area contributed by atoms with Gasteiger partial charge >= 0.3 is 0 Å². The van der Waals surface area contributed by atoms with E-state index in [0.29, 0.717) is 16.7 Å². The lowest BCUT2D eigenvalue weighted by molar-refractivity contribution is 0.141. The third kappa shape index (κ3) is 4.26. The Morgan fingerprint density at radius 2 is 2.14 bits per heavy atom. The number of hydrogen-bond donors (Lipinski definition) is 1. The average Bonchev–Trinajstić information content (AvgIpc) is 2.86. The van der Waals surface area contributed by atoms with Crippen LogP contribution in [0.15, 0.2) is 15.9 Å². The van der Waals surface area contributed by atoms with Crippen LogP contribution in [0.5, 0.6) is 0 Å². The highest BCUT2D eigenvalue weighted by atomic mass is 32.2. The van der Waals surface area contributed by atoms with E-state index in [4.69, 9.17) is 4.42 Å². The van der Waals surface area contributed by atoms with Gasteiger partial charge in [0.15, 0.2) is 0 Å². The molecule has 1 aliphatic rings. The first kappa shape index (κ1) is 16.9. The zero-order valence-electron chi connectivity index (χ0n) is 14.1. The maximum Gasteiger partial charge on any atom is 0.256 e. The van der Waals surface area contributed by atoms with Gasteiger partial charge in [0, 0.05) is 11.3 Å². The molecule has 1 aliphatic carbocycles. The lowest BCUT2D eigenvalue weighted by Gasteiger charge is -2.42. The maximum absolute atomic E-state index is 5.56. The molecule has 1 N–H and O–H groups in total. The van der Waals surface area contributed by atoms with Crippen LogP contribution >= 0.6 is 11.8 Å². The maximum atomic E-state index is 5.56. The van der Waals surface area contributed by atoms with Crippen LogP contribution in [0.4, 0.5) is 0 Å². The Kier molecular flexibility index (Phi) is 5.78. The van der Waals surface area contributed by atoms with Crippen LogP contribution in [0.1, 0.15) is 59.1 Å². The molecule has 1 heterocycles. The monoisotopic (exact) mass is 310 g/mol. The van der Waals surface area contributed by atoms with Crippen molar-refractivity contribution < 1.29 is 4.42 Å². The lowest BCUT2D eigenvalue weighted by Crippen LogP contribution is -2.45. The van der Waals surface area contributed by atoms with Crippen LogP contribution in [-0.4, -0.2) is 22.8 Å². The molecule has 0 spiro atoms. The first-order chi connectivity index (χ1) is 9.96. The van der Waals surface area contributed by atoms with E-state index in [1.807, 2.05) is 18.7 Å². The number of aryl methyl sites for hydroxylation is 1. The molecular weight excluding hydrogens is 280 g/mol. The molecule has 0 bridgehead atoms. The van der Waals surface area contributed by atoms with Gasteiger partial charge in [0.2, 0.25) is 0 Å². The molecule has 0 aromatic carbocycles. The molecule has 1 saturated carbocycles. The van der Waals surface area contributed by atoms with Crippen LogP contribution in [0.25, 0.3) is 0 Å². The zero-order chi connectivity index (χ0) is 15.5. The molecule has 4 heteroatoms. The number of hydrogen-bond acceptors (Lipinski definition) is 4. The number of nitrogens with one attached hydrogen (secondary N) is 1. The standard InChI is InChI=1S/C17H30N2OS/c1-6-17(4,5)13-8-9-14(18-7-2)15(10-13)21-16-19-12(3)11-20-16/h11,13-15,18H,6-10H2,1-5H3. The summed E-state index contributed by atoms with van der Waals surface area (Å²) in [6.07, 6.45) is 6.85. The van der Waals surface area contributed by atoms with Crippen molar-refractivity contribution in [2.45, 2.75) is 76.8 Å². The molecule has 3 unspecified atom stereocenters. The minimum absolute atomic E-state index is 0.433. The summed E-state index contributed by atoms with van der Waals surface area (Å²) in [5.74, 6) is 0.797. The number of thioether (sulfide) groups is 1. The number of aromatic nitrogens is 1. The predicted octanol–water partition coefficient (Wildman–Crippen LogP) is 4.66. The fourth-order valence-electron chi connectivity index (χ4n) is 3.27. The zero-order valence-corrected chi connectivity index (χ0v) is 14.9. The Bertz CT molecular complexity index is 444. The fraction of sp³-hybridized carbons (Fsp3) is 0.824. The van der Waals surface area contributed by atoms with Gasteiger partial charge in [0.1, 0.15) is 6.26 Å². The normalized spacial score (nSPS) is 27.0. The molecule has 0 aliphatic heterocycles. The van der Waals surface area contributed by atoms with Crippen molar-refractivity contribution in [2.75, 3.05) is 6.54 Å². The molecule has 120 valence electrons. The molecule has 1 aromatic heterocycles. The minimum atomic E-state index is 0.433. The molecule has 3 nitrogen and oxygen atoms in total. The Morgan fingerprint density at radius 1 is 1.38 bits per heavy atom. The van der Waals surface area contributed by atoms with Crippen molar-refractivity contribution in [3.05, 3.63) is 12.0 Å². The summed E-state index contributed by atoms with van der Waals surface area (Å²) in [6.45, 7) is 12.4. The van der Waals surface area contributed by atoms with E-state index in [9.17, 15) is 0 Å². The van der Waals surface area contributed by atoms with E-state index in [1.54, 1.807) is 6.26 Å². The summed E-state index contributed by atoms with van der Waals surface area (Å²) in [6, 6.07) is 0.580. The molecular formula is C17H30N2OS. The second-order valence-electron chi connectivity index (χ2n) is 6.93. The highest BCUT2D eigenvalue weighted by molar-refractivity contribution is 7.99. The predicted molar refractivity (Wildman–Crippen MR) is 89.8 cm³/mol. The summed E-state index contributed by atoms with van der Waals surface area (Å²) < 4.78 is 5.56. The van der Waals surface area contributed by atoms with E-state index < -0.39 is 0 Å². The van der Waals surface area contributed by atoms with E-state index in [0.717, 1.165) is 23.4 Å². The minimum Gasteiger partial charge on any atom is -0.440 e. The molecule has 21 heavy (non-hydrogen) atoms. The van der Waals surface area contributed by atoms with Crippen molar-refractivity contribution in [1.29, 1.82) is 0 Å². The quantitative estimate of drug-likeness (QED) is 0.829. The van der Waals surface area contributed by atoms with Gasteiger partial charge in [-0.05, 0) is 44.1 Å². The number of nitrogens with zero attached hydrogens (tertiary/aromatic N) is 1.